The number of aryl methyl sites for hydroxylation is 1. The van der Waals surface area contributed by atoms with Gasteiger partial charge < -0.3 is 25.8 Å². The monoisotopic (exact) mass is 363 g/mol. The highest BCUT2D eigenvalue weighted by Crippen LogP contribution is 2.25. The fraction of sp³-hybridized carbons (Fsp3) is 0.579. The molecule has 7 nitrogen and oxygen atoms in total. The van der Waals surface area contributed by atoms with Crippen molar-refractivity contribution >= 4 is 17.5 Å². The van der Waals surface area contributed by atoms with E-state index in [0.29, 0.717) is 5.69 Å². The van der Waals surface area contributed by atoms with Crippen LogP contribution in [-0.2, 0) is 14.3 Å². The van der Waals surface area contributed by atoms with E-state index in [2.05, 4.69) is 10.6 Å². The van der Waals surface area contributed by atoms with Gasteiger partial charge in [-0.25, -0.2) is 0 Å². The summed E-state index contributed by atoms with van der Waals surface area (Å²) in [5.74, 6) is 0.202. The normalized spacial score (nSPS) is 16.2. The second kappa shape index (κ2) is 9.54. The molecule has 0 unspecified atom stereocenters. The quantitative estimate of drug-likeness (QED) is 0.683. The maximum absolute atomic E-state index is 12.0. The molecule has 1 atom stereocenters. The largest absolute Gasteiger partial charge is 0.490 e. The van der Waals surface area contributed by atoms with Crippen molar-refractivity contribution in [1.29, 1.82) is 0 Å². The summed E-state index contributed by atoms with van der Waals surface area (Å²) < 4.78 is 11.3. The Morgan fingerprint density at radius 2 is 2.00 bits per heavy atom. The van der Waals surface area contributed by atoms with Gasteiger partial charge in [0.2, 0.25) is 11.8 Å². The van der Waals surface area contributed by atoms with E-state index in [1.54, 1.807) is 6.07 Å². The third-order valence-electron chi connectivity index (χ3n) is 4.36. The molecule has 0 spiro atoms. The lowest BCUT2D eigenvalue weighted by molar-refractivity contribution is -0.125. The van der Waals surface area contributed by atoms with Crippen molar-refractivity contribution in [2.75, 3.05) is 25.1 Å². The van der Waals surface area contributed by atoms with E-state index in [4.69, 9.17) is 15.2 Å². The van der Waals surface area contributed by atoms with Crippen LogP contribution in [0.2, 0.25) is 0 Å². The van der Waals surface area contributed by atoms with Gasteiger partial charge in [0.15, 0.2) is 0 Å². The molecular weight excluding hydrogens is 334 g/mol. The zero-order valence-corrected chi connectivity index (χ0v) is 15.7. The average molecular weight is 363 g/mol. The van der Waals surface area contributed by atoms with Gasteiger partial charge in [-0.2, -0.15) is 0 Å². The first kappa shape index (κ1) is 20.2. The second-order valence-electron chi connectivity index (χ2n) is 6.95. The number of nitrogens with two attached hydrogens (primary N) is 1. The summed E-state index contributed by atoms with van der Waals surface area (Å²) in [5, 5.41) is 5.32. The molecule has 2 rings (SSSR count). The highest BCUT2D eigenvalue weighted by atomic mass is 16.5. The van der Waals surface area contributed by atoms with Crippen molar-refractivity contribution in [3.05, 3.63) is 23.8 Å². The molecule has 1 aliphatic heterocycles. The maximum Gasteiger partial charge on any atom is 0.243 e. The Morgan fingerprint density at radius 3 is 2.62 bits per heavy atom. The van der Waals surface area contributed by atoms with Crippen LogP contribution in [0.15, 0.2) is 18.2 Å². The van der Waals surface area contributed by atoms with E-state index < -0.39 is 6.04 Å². The summed E-state index contributed by atoms with van der Waals surface area (Å²) in [7, 11) is 0. The average Bonchev–Trinajstić information content (AvgIpc) is 2.62. The predicted octanol–water partition coefficient (Wildman–Crippen LogP) is 1.59. The Hall–Kier alpha value is -2.12. The van der Waals surface area contributed by atoms with Gasteiger partial charge in [-0.05, 0) is 36.6 Å². The summed E-state index contributed by atoms with van der Waals surface area (Å²) in [6.07, 6.45) is 1.94. The van der Waals surface area contributed by atoms with Gasteiger partial charge in [0.1, 0.15) is 11.9 Å². The molecule has 0 radical (unpaired) electrons. The van der Waals surface area contributed by atoms with Crippen molar-refractivity contribution in [2.24, 2.45) is 11.7 Å². The fourth-order valence-corrected chi connectivity index (χ4v) is 2.63. The Morgan fingerprint density at radius 1 is 1.31 bits per heavy atom. The number of carbonyl (C=O) groups excluding carboxylic acids is 2. The van der Waals surface area contributed by atoms with Crippen molar-refractivity contribution in [3.8, 4) is 5.75 Å². The van der Waals surface area contributed by atoms with Crippen LogP contribution in [-0.4, -0.2) is 43.7 Å². The van der Waals surface area contributed by atoms with Gasteiger partial charge >= 0.3 is 0 Å². The summed E-state index contributed by atoms with van der Waals surface area (Å²) in [6, 6.07) is 4.88. The molecule has 1 saturated heterocycles. The van der Waals surface area contributed by atoms with Crippen LogP contribution in [0.3, 0.4) is 0 Å². The fourth-order valence-electron chi connectivity index (χ4n) is 2.63. The van der Waals surface area contributed by atoms with E-state index >= 15 is 0 Å². The van der Waals surface area contributed by atoms with Crippen molar-refractivity contribution in [3.63, 3.8) is 0 Å². The number of carbonyl (C=O) groups is 2. The third-order valence-corrected chi connectivity index (χ3v) is 4.36. The van der Waals surface area contributed by atoms with Crippen LogP contribution in [0.5, 0.6) is 5.75 Å². The molecular formula is C19H29N3O4. The van der Waals surface area contributed by atoms with Crippen molar-refractivity contribution < 1.29 is 19.1 Å². The number of hydrogen-bond acceptors (Lipinski definition) is 5. The second-order valence-corrected chi connectivity index (χ2v) is 6.95. The summed E-state index contributed by atoms with van der Waals surface area (Å²) in [6.45, 7) is 6.99. The van der Waals surface area contributed by atoms with E-state index in [1.165, 1.54) is 0 Å². The first-order valence-electron chi connectivity index (χ1n) is 9.05. The smallest absolute Gasteiger partial charge is 0.243 e. The van der Waals surface area contributed by atoms with Gasteiger partial charge in [0, 0.05) is 18.5 Å². The van der Waals surface area contributed by atoms with Gasteiger partial charge in [-0.3, -0.25) is 9.59 Å². The first-order valence-corrected chi connectivity index (χ1v) is 9.05. The Bertz CT molecular complexity index is 627. The number of nitrogens with one attached hydrogen (secondary N) is 2. The van der Waals surface area contributed by atoms with Crippen molar-refractivity contribution in [1.82, 2.24) is 5.32 Å². The topological polar surface area (TPSA) is 103 Å². The highest BCUT2D eigenvalue weighted by molar-refractivity contribution is 5.95. The summed E-state index contributed by atoms with van der Waals surface area (Å²) >= 11 is 0. The van der Waals surface area contributed by atoms with Gasteiger partial charge in [0.25, 0.3) is 0 Å². The van der Waals surface area contributed by atoms with Crippen LogP contribution >= 0.6 is 0 Å². The molecule has 2 amide bonds. The van der Waals surface area contributed by atoms with Crippen LogP contribution in [0, 0.1) is 12.8 Å². The van der Waals surface area contributed by atoms with E-state index in [1.807, 2.05) is 32.9 Å². The molecule has 0 aromatic heterocycles. The number of anilines is 1. The van der Waals surface area contributed by atoms with Gasteiger partial charge in [-0.1, -0.05) is 13.8 Å². The Kier molecular flexibility index (Phi) is 7.41. The zero-order valence-electron chi connectivity index (χ0n) is 15.7. The van der Waals surface area contributed by atoms with Crippen LogP contribution < -0.4 is 21.1 Å². The molecule has 1 heterocycles. The summed E-state index contributed by atoms with van der Waals surface area (Å²) in [5.41, 5.74) is 7.35. The molecule has 0 saturated carbocycles. The van der Waals surface area contributed by atoms with Crippen molar-refractivity contribution in [2.45, 2.75) is 45.8 Å². The first-order chi connectivity index (χ1) is 12.4. The third kappa shape index (κ3) is 6.00. The number of amides is 2. The SMILES string of the molecule is Cc1cc(NC(=O)CNC(=O)[C@@H](N)C(C)C)ccc1OC1CCOCC1. The lowest BCUT2D eigenvalue weighted by Crippen LogP contribution is -2.46. The molecule has 7 heteroatoms. The minimum Gasteiger partial charge on any atom is -0.490 e. The number of hydrogen-bond donors (Lipinski definition) is 3. The molecule has 1 aromatic carbocycles. The van der Waals surface area contributed by atoms with Crippen LogP contribution in [0.25, 0.3) is 0 Å². The molecule has 26 heavy (non-hydrogen) atoms. The number of rotatable bonds is 7. The molecule has 4 N–H and O–H groups in total. The standard InChI is InChI=1S/C19H29N3O4/c1-12(2)18(20)19(24)21-11-17(23)22-14-4-5-16(13(3)10-14)26-15-6-8-25-9-7-15/h4-5,10,12,15,18H,6-9,11,20H2,1-3H3,(H,21,24)(H,22,23)/t18-/m0/s1. The van der Waals surface area contributed by atoms with E-state index in [-0.39, 0.29) is 30.4 Å². The molecule has 0 aliphatic carbocycles. The molecule has 1 aliphatic rings. The maximum atomic E-state index is 12.0. The number of ether oxygens (including phenoxy) is 2. The lowest BCUT2D eigenvalue weighted by Gasteiger charge is -2.24. The predicted molar refractivity (Wildman–Crippen MR) is 100 cm³/mol. The Labute approximate surface area is 154 Å². The van der Waals surface area contributed by atoms with Crippen LogP contribution in [0.1, 0.15) is 32.3 Å². The molecule has 1 fully saturated rings. The number of benzene rings is 1. The molecule has 1 aromatic rings. The highest BCUT2D eigenvalue weighted by Gasteiger charge is 2.18. The van der Waals surface area contributed by atoms with Gasteiger partial charge in [0.05, 0.1) is 25.8 Å². The van der Waals surface area contributed by atoms with E-state index in [9.17, 15) is 9.59 Å². The molecule has 0 bridgehead atoms. The molecule has 144 valence electrons. The lowest BCUT2D eigenvalue weighted by atomic mass is 10.1. The minimum atomic E-state index is -0.619. The van der Waals surface area contributed by atoms with Crippen LogP contribution in [0.4, 0.5) is 5.69 Å². The summed E-state index contributed by atoms with van der Waals surface area (Å²) in [4.78, 5) is 23.8. The minimum absolute atomic E-state index is 0.0176. The van der Waals surface area contributed by atoms with E-state index in [0.717, 1.165) is 37.4 Å². The Balaban J connectivity index is 1.84. The zero-order chi connectivity index (χ0) is 19.1. The van der Waals surface area contributed by atoms with Gasteiger partial charge in [-0.15, -0.1) is 0 Å².